The fraction of sp³-hybridized carbons (Fsp3) is 0.517. The summed E-state index contributed by atoms with van der Waals surface area (Å²) in [6.07, 6.45) is 11.3. The Bertz CT molecular complexity index is 991. The minimum Gasteiger partial charge on any atom is -0.468 e. The number of unbranched alkanes of at least 4 members (excludes halogenated alkanes) is 2. The molecule has 6 heteroatoms. The van der Waals surface area contributed by atoms with Crippen molar-refractivity contribution in [3.05, 3.63) is 64.9 Å². The summed E-state index contributed by atoms with van der Waals surface area (Å²) < 4.78 is 16.4. The first-order chi connectivity index (χ1) is 16.9. The van der Waals surface area contributed by atoms with Gasteiger partial charge in [-0.15, -0.1) is 5.73 Å². The molecule has 0 bridgehead atoms. The molecule has 2 aliphatic carbocycles. The van der Waals surface area contributed by atoms with Crippen molar-refractivity contribution in [1.82, 2.24) is 0 Å². The molecule has 0 aliphatic heterocycles. The van der Waals surface area contributed by atoms with Crippen molar-refractivity contribution >= 4 is 17.9 Å². The van der Waals surface area contributed by atoms with Gasteiger partial charge in [0.2, 0.25) is 0 Å². The highest BCUT2D eigenvalue weighted by Crippen LogP contribution is 2.48. The summed E-state index contributed by atoms with van der Waals surface area (Å²) in [4.78, 5) is 39.2. The second kappa shape index (κ2) is 12.0. The van der Waals surface area contributed by atoms with E-state index in [0.717, 1.165) is 44.1 Å². The molecule has 6 nitrogen and oxygen atoms in total. The van der Waals surface area contributed by atoms with E-state index in [1.165, 1.54) is 14.2 Å². The van der Waals surface area contributed by atoms with E-state index in [9.17, 15) is 14.4 Å². The quantitative estimate of drug-likeness (QED) is 0.152. The number of benzene rings is 1. The molecule has 1 aromatic rings. The molecule has 0 saturated heterocycles. The van der Waals surface area contributed by atoms with Crippen LogP contribution in [-0.4, -0.2) is 37.7 Å². The van der Waals surface area contributed by atoms with Crippen molar-refractivity contribution in [3.8, 4) is 0 Å². The number of carbonyl (C=O) groups excluding carboxylic acids is 3. The normalized spacial score (nSPS) is 18.5. The van der Waals surface area contributed by atoms with Gasteiger partial charge in [0.25, 0.3) is 0 Å². The predicted molar refractivity (Wildman–Crippen MR) is 133 cm³/mol. The monoisotopic (exact) mass is 480 g/mol. The van der Waals surface area contributed by atoms with Crippen LogP contribution in [0.5, 0.6) is 0 Å². The van der Waals surface area contributed by atoms with Gasteiger partial charge in [-0.25, -0.2) is 4.79 Å². The van der Waals surface area contributed by atoms with Crippen molar-refractivity contribution < 1.29 is 28.6 Å². The molecule has 1 saturated carbocycles. The highest BCUT2D eigenvalue weighted by molar-refractivity contribution is 6.03. The van der Waals surface area contributed by atoms with Crippen LogP contribution in [0.2, 0.25) is 0 Å². The van der Waals surface area contributed by atoms with Gasteiger partial charge in [0.15, 0.2) is 5.41 Å². The average molecular weight is 481 g/mol. The number of esters is 3. The number of ether oxygens (including phenoxy) is 3. The largest absolute Gasteiger partial charge is 0.468 e. The molecule has 0 amide bonds. The molecular weight excluding hydrogens is 444 g/mol. The second-order valence-corrected chi connectivity index (χ2v) is 9.29. The van der Waals surface area contributed by atoms with Crippen LogP contribution in [0.4, 0.5) is 0 Å². The Kier molecular flexibility index (Phi) is 9.11. The van der Waals surface area contributed by atoms with Gasteiger partial charge >= 0.3 is 17.9 Å². The van der Waals surface area contributed by atoms with Gasteiger partial charge in [0, 0.05) is 11.1 Å². The van der Waals surface area contributed by atoms with Crippen LogP contribution in [-0.2, 0) is 23.8 Å². The molecule has 0 heterocycles. The molecule has 0 aromatic heterocycles. The third-order valence-electron chi connectivity index (χ3n) is 7.01. The first-order valence-corrected chi connectivity index (χ1v) is 12.6. The van der Waals surface area contributed by atoms with E-state index in [1.807, 2.05) is 12.1 Å². The van der Waals surface area contributed by atoms with E-state index in [2.05, 4.69) is 12.7 Å². The zero-order valence-electron chi connectivity index (χ0n) is 21.1. The van der Waals surface area contributed by atoms with Crippen LogP contribution in [0.1, 0.15) is 81.5 Å². The summed E-state index contributed by atoms with van der Waals surface area (Å²) in [5.74, 6) is -1.76. The highest BCUT2D eigenvalue weighted by Gasteiger charge is 2.53. The van der Waals surface area contributed by atoms with E-state index < -0.39 is 28.9 Å². The molecule has 0 spiro atoms. The van der Waals surface area contributed by atoms with Crippen molar-refractivity contribution in [2.75, 3.05) is 14.2 Å². The van der Waals surface area contributed by atoms with Crippen LogP contribution in [0.15, 0.2) is 59.4 Å². The smallest absolute Gasteiger partial charge is 0.339 e. The van der Waals surface area contributed by atoms with Gasteiger partial charge in [-0.1, -0.05) is 38.0 Å². The Morgan fingerprint density at radius 3 is 2.23 bits per heavy atom. The third kappa shape index (κ3) is 5.76. The van der Waals surface area contributed by atoms with Crippen LogP contribution >= 0.6 is 0 Å². The number of hydrogen-bond donors (Lipinski definition) is 0. The maximum atomic E-state index is 13.2. The lowest BCUT2D eigenvalue weighted by atomic mass is 9.67. The molecule has 0 atom stereocenters. The zero-order chi connectivity index (χ0) is 25.3. The fourth-order valence-electron chi connectivity index (χ4n) is 5.05. The summed E-state index contributed by atoms with van der Waals surface area (Å²) >= 11 is 0. The van der Waals surface area contributed by atoms with Crippen molar-refractivity contribution in [2.24, 2.45) is 5.41 Å². The third-order valence-corrected chi connectivity index (χ3v) is 7.01. The molecule has 2 aliphatic rings. The second-order valence-electron chi connectivity index (χ2n) is 9.29. The molecule has 188 valence electrons. The Morgan fingerprint density at radius 1 is 0.971 bits per heavy atom. The SMILES string of the molecule is CCCCC=C=C1CCC(C(=O)OC)(C(=O)OC)C=C1C1(OC(=O)c2ccccc2)CCCCC1. The van der Waals surface area contributed by atoms with Crippen LogP contribution in [0, 0.1) is 5.41 Å². The molecule has 1 aromatic carbocycles. The minimum absolute atomic E-state index is 0.211. The number of hydrogen-bond acceptors (Lipinski definition) is 6. The van der Waals surface area contributed by atoms with Gasteiger partial charge in [0.05, 0.1) is 19.8 Å². The topological polar surface area (TPSA) is 78.9 Å². The lowest BCUT2D eigenvalue weighted by molar-refractivity contribution is -0.165. The zero-order valence-corrected chi connectivity index (χ0v) is 21.1. The van der Waals surface area contributed by atoms with E-state index in [-0.39, 0.29) is 6.42 Å². The van der Waals surface area contributed by atoms with Crippen LogP contribution in [0.25, 0.3) is 0 Å². The van der Waals surface area contributed by atoms with Gasteiger partial charge in [-0.2, -0.15) is 0 Å². The van der Waals surface area contributed by atoms with E-state index >= 15 is 0 Å². The Balaban J connectivity index is 2.17. The van der Waals surface area contributed by atoms with Gasteiger partial charge in [-0.05, 0) is 75.7 Å². The average Bonchev–Trinajstić information content (AvgIpc) is 2.91. The molecule has 1 fully saturated rings. The summed E-state index contributed by atoms with van der Waals surface area (Å²) in [5.41, 5.74) is 2.88. The Hall–Kier alpha value is -3.11. The predicted octanol–water partition coefficient (Wildman–Crippen LogP) is 5.87. The van der Waals surface area contributed by atoms with E-state index in [0.29, 0.717) is 30.4 Å². The minimum atomic E-state index is -1.59. The summed E-state index contributed by atoms with van der Waals surface area (Å²) in [6, 6.07) is 8.89. The maximum Gasteiger partial charge on any atom is 0.339 e. The number of methoxy groups -OCH3 is 2. The molecule has 3 rings (SSSR count). The molecule has 35 heavy (non-hydrogen) atoms. The van der Waals surface area contributed by atoms with E-state index in [1.54, 1.807) is 30.3 Å². The van der Waals surface area contributed by atoms with Crippen molar-refractivity contribution in [3.63, 3.8) is 0 Å². The summed E-state index contributed by atoms with van der Waals surface area (Å²) in [6.45, 7) is 2.13. The summed E-state index contributed by atoms with van der Waals surface area (Å²) in [5, 5.41) is 0. The van der Waals surface area contributed by atoms with E-state index in [4.69, 9.17) is 14.2 Å². The van der Waals surface area contributed by atoms with Crippen LogP contribution in [0.3, 0.4) is 0 Å². The molecule has 0 N–H and O–H groups in total. The number of rotatable bonds is 8. The number of carbonyl (C=O) groups is 3. The maximum absolute atomic E-state index is 13.2. The Morgan fingerprint density at radius 2 is 1.63 bits per heavy atom. The van der Waals surface area contributed by atoms with Gasteiger partial charge < -0.3 is 14.2 Å². The lowest BCUT2D eigenvalue weighted by Gasteiger charge is -2.42. The highest BCUT2D eigenvalue weighted by atomic mass is 16.6. The summed E-state index contributed by atoms with van der Waals surface area (Å²) in [7, 11) is 2.53. The Labute approximate surface area is 208 Å². The molecule has 0 radical (unpaired) electrons. The van der Waals surface area contributed by atoms with Gasteiger partial charge in [-0.3, -0.25) is 9.59 Å². The first kappa shape index (κ1) is 26.5. The first-order valence-electron chi connectivity index (χ1n) is 12.6. The lowest BCUT2D eigenvalue weighted by Crippen LogP contribution is -2.46. The standard InChI is InChI=1S/C29H36O6/c1-4-5-6-9-14-22-17-20-28(26(31)33-2,27(32)34-3)21-24(22)29(18-12-8-13-19-29)35-25(30)23-15-10-7-11-16-23/h7,9-11,15-16,21H,4-6,8,12-13,17-20H2,1-3H3. The molecular formula is C29H36O6. The van der Waals surface area contributed by atoms with Crippen LogP contribution < -0.4 is 0 Å². The molecule has 0 unspecified atom stereocenters. The fourth-order valence-corrected chi connectivity index (χ4v) is 5.05. The van der Waals surface area contributed by atoms with Crippen molar-refractivity contribution in [2.45, 2.75) is 76.7 Å². The van der Waals surface area contributed by atoms with Gasteiger partial charge in [0.1, 0.15) is 5.60 Å². The van der Waals surface area contributed by atoms with Crippen molar-refractivity contribution in [1.29, 1.82) is 0 Å².